The highest BCUT2D eigenvalue weighted by Crippen LogP contribution is 2.13. The van der Waals surface area contributed by atoms with Gasteiger partial charge in [-0.05, 0) is 38.0 Å². The van der Waals surface area contributed by atoms with Gasteiger partial charge in [-0.1, -0.05) is 31.9 Å². The smallest absolute Gasteiger partial charge is 0.322 e. The molecule has 4 heteroatoms. The number of nitrogens with one attached hydrogen (secondary N) is 1. The van der Waals surface area contributed by atoms with Crippen LogP contribution in [0, 0.1) is 0 Å². The van der Waals surface area contributed by atoms with Gasteiger partial charge in [0.2, 0.25) is 0 Å². The highest BCUT2D eigenvalue weighted by Gasteiger charge is 2.12. The summed E-state index contributed by atoms with van der Waals surface area (Å²) in [5.74, 6) is 0.682. The molecule has 0 saturated carbocycles. The van der Waals surface area contributed by atoms with Crippen molar-refractivity contribution < 1.29 is 14.3 Å². The number of carbonyl (C=O) groups is 1. The zero-order chi connectivity index (χ0) is 15.5. The number of rotatable bonds is 10. The van der Waals surface area contributed by atoms with Crippen molar-refractivity contribution in [2.24, 2.45) is 0 Å². The molecule has 0 aliphatic heterocycles. The summed E-state index contributed by atoms with van der Waals surface area (Å²) in [7, 11) is 0. The van der Waals surface area contributed by atoms with Gasteiger partial charge in [0, 0.05) is 6.54 Å². The summed E-state index contributed by atoms with van der Waals surface area (Å²) in [6.07, 6.45) is 3.50. The maximum absolute atomic E-state index is 11.5. The predicted octanol–water partition coefficient (Wildman–Crippen LogP) is 3.30. The molecule has 21 heavy (non-hydrogen) atoms. The first-order valence-electron chi connectivity index (χ1n) is 7.79. The summed E-state index contributed by atoms with van der Waals surface area (Å²) in [4.78, 5) is 11.5. The summed E-state index contributed by atoms with van der Waals surface area (Å²) in [6, 6.07) is 7.67. The Hall–Kier alpha value is -1.55. The Labute approximate surface area is 127 Å². The molecule has 118 valence electrons. The van der Waals surface area contributed by atoms with Crippen LogP contribution in [0.1, 0.15) is 45.6 Å². The Morgan fingerprint density at radius 2 is 1.90 bits per heavy atom. The van der Waals surface area contributed by atoms with E-state index in [0.29, 0.717) is 13.2 Å². The van der Waals surface area contributed by atoms with Gasteiger partial charge in [-0.25, -0.2) is 0 Å². The van der Waals surface area contributed by atoms with E-state index >= 15 is 0 Å². The second-order valence-corrected chi connectivity index (χ2v) is 5.05. The fourth-order valence-electron chi connectivity index (χ4n) is 1.87. The Bertz CT molecular complexity index is 403. The SMILES string of the molecule is CCCCCOc1ccc(CNC(C)C(=O)OCC)cc1. The highest BCUT2D eigenvalue weighted by atomic mass is 16.5. The van der Waals surface area contributed by atoms with Gasteiger partial charge in [-0.3, -0.25) is 4.79 Å². The first kappa shape index (κ1) is 17.5. The van der Waals surface area contributed by atoms with Crippen molar-refractivity contribution in [2.75, 3.05) is 13.2 Å². The van der Waals surface area contributed by atoms with Crippen LogP contribution in [0.5, 0.6) is 5.75 Å². The van der Waals surface area contributed by atoms with Crippen molar-refractivity contribution in [1.82, 2.24) is 5.32 Å². The zero-order valence-corrected chi connectivity index (χ0v) is 13.4. The van der Waals surface area contributed by atoms with E-state index in [4.69, 9.17) is 9.47 Å². The molecular weight excluding hydrogens is 266 g/mol. The van der Waals surface area contributed by atoms with Crippen LogP contribution < -0.4 is 10.1 Å². The van der Waals surface area contributed by atoms with Crippen molar-refractivity contribution in [2.45, 2.75) is 52.6 Å². The van der Waals surface area contributed by atoms with Gasteiger partial charge in [0.15, 0.2) is 0 Å². The van der Waals surface area contributed by atoms with Crippen LogP contribution in [0.4, 0.5) is 0 Å². The third-order valence-electron chi connectivity index (χ3n) is 3.19. The maximum atomic E-state index is 11.5. The van der Waals surface area contributed by atoms with E-state index < -0.39 is 0 Å². The summed E-state index contributed by atoms with van der Waals surface area (Å²) in [6.45, 7) is 7.61. The van der Waals surface area contributed by atoms with E-state index in [2.05, 4.69) is 12.2 Å². The predicted molar refractivity (Wildman–Crippen MR) is 84.4 cm³/mol. The average Bonchev–Trinajstić information content (AvgIpc) is 2.50. The molecule has 0 aromatic heterocycles. The summed E-state index contributed by atoms with van der Waals surface area (Å²) >= 11 is 0. The summed E-state index contributed by atoms with van der Waals surface area (Å²) in [5.41, 5.74) is 1.12. The van der Waals surface area contributed by atoms with Gasteiger partial charge in [0.05, 0.1) is 13.2 Å². The fourth-order valence-corrected chi connectivity index (χ4v) is 1.87. The molecule has 0 fully saturated rings. The molecule has 1 aromatic carbocycles. The lowest BCUT2D eigenvalue weighted by atomic mass is 10.2. The average molecular weight is 293 g/mol. The van der Waals surface area contributed by atoms with Crippen molar-refractivity contribution in [3.63, 3.8) is 0 Å². The molecule has 0 saturated heterocycles. The lowest BCUT2D eigenvalue weighted by molar-refractivity contribution is -0.145. The summed E-state index contributed by atoms with van der Waals surface area (Å²) < 4.78 is 10.6. The van der Waals surface area contributed by atoms with Gasteiger partial charge in [0.1, 0.15) is 11.8 Å². The largest absolute Gasteiger partial charge is 0.494 e. The number of hydrogen-bond donors (Lipinski definition) is 1. The van der Waals surface area contributed by atoms with Crippen LogP contribution in [0.3, 0.4) is 0 Å². The second-order valence-electron chi connectivity index (χ2n) is 5.05. The molecule has 1 rings (SSSR count). The third-order valence-corrected chi connectivity index (χ3v) is 3.19. The minimum Gasteiger partial charge on any atom is -0.494 e. The van der Waals surface area contributed by atoms with Crippen LogP contribution in [0.25, 0.3) is 0 Å². The van der Waals surface area contributed by atoms with Gasteiger partial charge in [-0.15, -0.1) is 0 Å². The first-order valence-corrected chi connectivity index (χ1v) is 7.79. The minimum absolute atomic E-state index is 0.214. The molecule has 1 N–H and O–H groups in total. The normalized spacial score (nSPS) is 12.0. The molecule has 4 nitrogen and oxygen atoms in total. The number of benzene rings is 1. The number of carbonyl (C=O) groups excluding carboxylic acids is 1. The Balaban J connectivity index is 2.32. The molecule has 0 spiro atoms. The topological polar surface area (TPSA) is 47.6 Å². The molecule has 0 heterocycles. The van der Waals surface area contributed by atoms with Gasteiger partial charge in [0.25, 0.3) is 0 Å². The van der Waals surface area contributed by atoms with Crippen molar-refractivity contribution in [3.05, 3.63) is 29.8 Å². The van der Waals surface area contributed by atoms with E-state index in [9.17, 15) is 4.79 Å². The van der Waals surface area contributed by atoms with Crippen molar-refractivity contribution in [3.8, 4) is 5.75 Å². The molecule has 0 bridgehead atoms. The minimum atomic E-state index is -0.296. The monoisotopic (exact) mass is 293 g/mol. The molecule has 1 atom stereocenters. The molecule has 0 radical (unpaired) electrons. The zero-order valence-electron chi connectivity index (χ0n) is 13.4. The van der Waals surface area contributed by atoms with Crippen LogP contribution in [0.15, 0.2) is 24.3 Å². The fraction of sp³-hybridized carbons (Fsp3) is 0.588. The van der Waals surface area contributed by atoms with Crippen LogP contribution >= 0.6 is 0 Å². The highest BCUT2D eigenvalue weighted by molar-refractivity contribution is 5.75. The lowest BCUT2D eigenvalue weighted by Crippen LogP contribution is -2.34. The molecule has 0 aliphatic carbocycles. The van der Waals surface area contributed by atoms with Gasteiger partial charge in [-0.2, -0.15) is 0 Å². The first-order chi connectivity index (χ1) is 10.2. The van der Waals surface area contributed by atoms with Crippen LogP contribution in [0.2, 0.25) is 0 Å². The summed E-state index contributed by atoms with van der Waals surface area (Å²) in [5, 5.41) is 3.15. The van der Waals surface area contributed by atoms with E-state index in [1.54, 1.807) is 0 Å². The van der Waals surface area contributed by atoms with Crippen molar-refractivity contribution >= 4 is 5.97 Å². The molecular formula is C17H27NO3. The van der Waals surface area contributed by atoms with E-state index in [0.717, 1.165) is 24.3 Å². The molecule has 1 unspecified atom stereocenters. The maximum Gasteiger partial charge on any atom is 0.322 e. The quantitative estimate of drug-likeness (QED) is 0.531. The number of unbranched alkanes of at least 4 members (excludes halogenated alkanes) is 2. The molecule has 1 aromatic rings. The van der Waals surface area contributed by atoms with E-state index in [-0.39, 0.29) is 12.0 Å². The van der Waals surface area contributed by atoms with Crippen LogP contribution in [-0.4, -0.2) is 25.2 Å². The van der Waals surface area contributed by atoms with E-state index in [1.165, 1.54) is 12.8 Å². The van der Waals surface area contributed by atoms with Crippen LogP contribution in [-0.2, 0) is 16.1 Å². The number of esters is 1. The van der Waals surface area contributed by atoms with Gasteiger partial charge >= 0.3 is 5.97 Å². The standard InChI is InChI=1S/C17H27NO3/c1-4-6-7-12-21-16-10-8-15(9-11-16)13-18-14(3)17(19)20-5-2/h8-11,14,18H,4-7,12-13H2,1-3H3. The third kappa shape index (κ3) is 7.14. The van der Waals surface area contributed by atoms with Crippen molar-refractivity contribution in [1.29, 1.82) is 0 Å². The van der Waals surface area contributed by atoms with E-state index in [1.807, 2.05) is 38.1 Å². The Morgan fingerprint density at radius 1 is 1.19 bits per heavy atom. The lowest BCUT2D eigenvalue weighted by Gasteiger charge is -2.13. The number of ether oxygens (including phenoxy) is 2. The number of hydrogen-bond acceptors (Lipinski definition) is 4. The Morgan fingerprint density at radius 3 is 2.52 bits per heavy atom. The molecule has 0 amide bonds. The van der Waals surface area contributed by atoms with Gasteiger partial charge < -0.3 is 14.8 Å². The Kier molecular flexibility index (Phi) is 8.51. The molecule has 0 aliphatic rings. The second kappa shape index (κ2) is 10.2.